The Morgan fingerprint density at radius 1 is 1.30 bits per heavy atom. The molecule has 0 aromatic rings. The van der Waals surface area contributed by atoms with Gasteiger partial charge in [-0.2, -0.15) is 0 Å². The highest BCUT2D eigenvalue weighted by atomic mass is 16.5. The maximum atomic E-state index is 12.0. The number of carbonyl (C=O) groups is 1. The number of urea groups is 1. The third kappa shape index (κ3) is 3.17. The molecule has 1 aliphatic heterocycles. The molecule has 2 aliphatic carbocycles. The molecule has 2 amide bonds. The van der Waals surface area contributed by atoms with Crippen molar-refractivity contribution in [1.82, 2.24) is 10.6 Å². The van der Waals surface area contributed by atoms with Crippen molar-refractivity contribution < 1.29 is 9.53 Å². The van der Waals surface area contributed by atoms with Gasteiger partial charge in [-0.1, -0.05) is 6.42 Å². The van der Waals surface area contributed by atoms with E-state index in [1.54, 1.807) is 0 Å². The molecule has 0 aromatic heterocycles. The van der Waals surface area contributed by atoms with Crippen LogP contribution in [-0.4, -0.2) is 25.3 Å². The Balaban J connectivity index is 1.44. The van der Waals surface area contributed by atoms with E-state index in [1.165, 1.54) is 31.3 Å². The zero-order valence-corrected chi connectivity index (χ0v) is 12.4. The van der Waals surface area contributed by atoms with Gasteiger partial charge in [-0.15, -0.1) is 0 Å². The summed E-state index contributed by atoms with van der Waals surface area (Å²) < 4.78 is 5.30. The molecule has 0 radical (unpaired) electrons. The lowest BCUT2D eigenvalue weighted by atomic mass is 9.84. The van der Waals surface area contributed by atoms with Crippen LogP contribution in [0.2, 0.25) is 0 Å². The third-order valence-electron chi connectivity index (χ3n) is 5.34. The fourth-order valence-electron chi connectivity index (χ4n) is 4.21. The fourth-order valence-corrected chi connectivity index (χ4v) is 4.21. The number of carbonyl (C=O) groups excluding carboxylic acids is 1. The first-order chi connectivity index (χ1) is 9.72. The molecule has 4 unspecified atom stereocenters. The molecule has 112 valence electrons. The Morgan fingerprint density at radius 3 is 2.75 bits per heavy atom. The summed E-state index contributed by atoms with van der Waals surface area (Å²) in [5.74, 6) is 2.47. The fraction of sp³-hybridized carbons (Fsp3) is 0.812. The van der Waals surface area contributed by atoms with Gasteiger partial charge < -0.3 is 15.4 Å². The number of hydrogen-bond donors (Lipinski definition) is 2. The molecule has 0 aromatic carbocycles. The van der Waals surface area contributed by atoms with Crippen LogP contribution in [0.1, 0.15) is 45.4 Å². The van der Waals surface area contributed by atoms with E-state index in [0.29, 0.717) is 12.0 Å². The zero-order chi connectivity index (χ0) is 13.9. The normalized spacial score (nSPS) is 33.9. The average molecular weight is 278 g/mol. The van der Waals surface area contributed by atoms with Crippen molar-refractivity contribution >= 4 is 6.03 Å². The topological polar surface area (TPSA) is 50.4 Å². The summed E-state index contributed by atoms with van der Waals surface area (Å²) in [5, 5.41) is 6.00. The van der Waals surface area contributed by atoms with Crippen LogP contribution in [0.4, 0.5) is 4.79 Å². The first-order valence-corrected chi connectivity index (χ1v) is 8.05. The molecule has 1 saturated heterocycles. The van der Waals surface area contributed by atoms with Gasteiger partial charge in [0.2, 0.25) is 0 Å². The molecule has 2 bridgehead atoms. The van der Waals surface area contributed by atoms with Gasteiger partial charge >= 0.3 is 6.03 Å². The quantitative estimate of drug-likeness (QED) is 0.834. The van der Waals surface area contributed by atoms with E-state index in [9.17, 15) is 4.79 Å². The lowest BCUT2D eigenvalue weighted by molar-refractivity contribution is 0.119. The van der Waals surface area contributed by atoms with Crippen LogP contribution in [0, 0.1) is 17.8 Å². The molecule has 3 fully saturated rings. The van der Waals surface area contributed by atoms with Gasteiger partial charge in [0.15, 0.2) is 0 Å². The predicted octanol–water partition coefficient (Wildman–Crippen LogP) is 2.80. The van der Waals surface area contributed by atoms with E-state index >= 15 is 0 Å². The highest BCUT2D eigenvalue weighted by Crippen LogP contribution is 2.49. The average Bonchev–Trinajstić information content (AvgIpc) is 3.09. The van der Waals surface area contributed by atoms with Crippen LogP contribution >= 0.6 is 0 Å². The Bertz CT molecular complexity index is 386. The minimum atomic E-state index is -0.0562. The second-order valence-corrected chi connectivity index (χ2v) is 6.66. The van der Waals surface area contributed by atoms with Gasteiger partial charge in [0.05, 0.1) is 13.2 Å². The minimum Gasteiger partial charge on any atom is -0.381 e. The molecule has 4 heteroatoms. The van der Waals surface area contributed by atoms with Gasteiger partial charge in [-0.3, -0.25) is 0 Å². The summed E-state index contributed by atoms with van der Waals surface area (Å²) in [5.41, 5.74) is 1.28. The molecule has 1 heterocycles. The highest BCUT2D eigenvalue weighted by Gasteiger charge is 2.42. The molecule has 4 atom stereocenters. The second-order valence-electron chi connectivity index (χ2n) is 6.66. The van der Waals surface area contributed by atoms with E-state index in [2.05, 4.69) is 17.6 Å². The Morgan fingerprint density at radius 2 is 2.10 bits per heavy atom. The van der Waals surface area contributed by atoms with E-state index in [0.717, 1.165) is 37.9 Å². The van der Waals surface area contributed by atoms with Crippen molar-refractivity contribution in [2.45, 2.75) is 51.5 Å². The summed E-state index contributed by atoms with van der Waals surface area (Å²) in [7, 11) is 0. The number of ether oxygens (including phenoxy) is 1. The monoisotopic (exact) mass is 278 g/mol. The van der Waals surface area contributed by atoms with Gasteiger partial charge in [0, 0.05) is 12.2 Å². The predicted molar refractivity (Wildman–Crippen MR) is 78.2 cm³/mol. The number of fused-ring (bicyclic) bond motifs is 2. The maximum Gasteiger partial charge on any atom is 0.318 e. The molecular formula is C16H26N2O2. The van der Waals surface area contributed by atoms with Crippen molar-refractivity contribution in [3.05, 3.63) is 11.8 Å². The molecular weight excluding hydrogens is 252 g/mol. The van der Waals surface area contributed by atoms with Crippen LogP contribution in [0.5, 0.6) is 0 Å². The van der Waals surface area contributed by atoms with Gasteiger partial charge in [-0.05, 0) is 62.4 Å². The summed E-state index contributed by atoms with van der Waals surface area (Å²) in [4.78, 5) is 12.0. The van der Waals surface area contributed by atoms with Gasteiger partial charge in [-0.25, -0.2) is 4.79 Å². The molecule has 3 rings (SSSR count). The Hall–Kier alpha value is -1.03. The zero-order valence-electron chi connectivity index (χ0n) is 12.4. The standard InChI is InChI=1S/C16H26N2O2/c1-11(15-9-13-2-3-14(15)8-13)18-16(19)17-10-12-4-6-20-7-5-12/h10-11,13-15H,2-9H2,1H3,(H2,17,18,19). The Labute approximate surface area is 121 Å². The summed E-state index contributed by atoms with van der Waals surface area (Å²) in [6.07, 6.45) is 9.21. The number of rotatable bonds is 3. The SMILES string of the molecule is CC(NC(=O)NC=C1CCOCC1)C1CC2CCC1C2. The van der Waals surface area contributed by atoms with Crippen molar-refractivity contribution in [2.24, 2.45) is 17.8 Å². The lowest BCUT2D eigenvalue weighted by Crippen LogP contribution is -2.44. The number of nitrogens with one attached hydrogen (secondary N) is 2. The minimum absolute atomic E-state index is 0.0562. The van der Waals surface area contributed by atoms with Crippen LogP contribution in [0.25, 0.3) is 0 Å². The van der Waals surface area contributed by atoms with Crippen molar-refractivity contribution in [1.29, 1.82) is 0 Å². The second kappa shape index (κ2) is 6.17. The summed E-state index contributed by atoms with van der Waals surface area (Å²) >= 11 is 0. The highest BCUT2D eigenvalue weighted by molar-refractivity contribution is 5.75. The third-order valence-corrected chi connectivity index (χ3v) is 5.34. The van der Waals surface area contributed by atoms with Crippen LogP contribution in [0.3, 0.4) is 0 Å². The van der Waals surface area contributed by atoms with E-state index < -0.39 is 0 Å². The van der Waals surface area contributed by atoms with Gasteiger partial charge in [0.1, 0.15) is 0 Å². The molecule has 2 saturated carbocycles. The number of amides is 2. The molecule has 20 heavy (non-hydrogen) atoms. The maximum absolute atomic E-state index is 12.0. The van der Waals surface area contributed by atoms with E-state index in [4.69, 9.17) is 4.74 Å². The van der Waals surface area contributed by atoms with Crippen molar-refractivity contribution in [3.63, 3.8) is 0 Å². The first kappa shape index (κ1) is 13.9. The largest absolute Gasteiger partial charge is 0.381 e. The molecule has 4 nitrogen and oxygen atoms in total. The van der Waals surface area contributed by atoms with Gasteiger partial charge in [0.25, 0.3) is 0 Å². The van der Waals surface area contributed by atoms with Crippen LogP contribution in [0.15, 0.2) is 11.8 Å². The number of hydrogen-bond acceptors (Lipinski definition) is 2. The molecule has 0 spiro atoms. The van der Waals surface area contributed by atoms with E-state index in [-0.39, 0.29) is 6.03 Å². The van der Waals surface area contributed by atoms with Crippen molar-refractivity contribution in [3.8, 4) is 0 Å². The first-order valence-electron chi connectivity index (χ1n) is 8.05. The smallest absolute Gasteiger partial charge is 0.318 e. The lowest BCUT2D eigenvalue weighted by Gasteiger charge is -2.28. The summed E-state index contributed by atoms with van der Waals surface area (Å²) in [6.45, 7) is 3.71. The van der Waals surface area contributed by atoms with Crippen LogP contribution in [-0.2, 0) is 4.74 Å². The summed E-state index contributed by atoms with van der Waals surface area (Å²) in [6, 6.07) is 0.234. The molecule has 2 N–H and O–H groups in total. The van der Waals surface area contributed by atoms with Crippen molar-refractivity contribution in [2.75, 3.05) is 13.2 Å². The van der Waals surface area contributed by atoms with E-state index in [1.807, 2.05) is 6.20 Å². The Kier molecular flexibility index (Phi) is 4.29. The van der Waals surface area contributed by atoms with Crippen LogP contribution < -0.4 is 10.6 Å². The molecule has 3 aliphatic rings.